The zero-order valence-corrected chi connectivity index (χ0v) is 11.7. The molecule has 0 radical (unpaired) electrons. The van der Waals surface area contributed by atoms with E-state index in [0.717, 1.165) is 29.2 Å². The third-order valence-electron chi connectivity index (χ3n) is 3.72. The van der Waals surface area contributed by atoms with E-state index in [2.05, 4.69) is 29.0 Å². The van der Waals surface area contributed by atoms with Crippen molar-refractivity contribution in [2.24, 2.45) is 0 Å². The minimum Gasteiger partial charge on any atom is -0.490 e. The summed E-state index contributed by atoms with van der Waals surface area (Å²) in [6.45, 7) is 2.09. The van der Waals surface area contributed by atoms with Gasteiger partial charge >= 0.3 is 0 Å². The summed E-state index contributed by atoms with van der Waals surface area (Å²) >= 11 is 0. The number of imidazole rings is 1. The molecule has 1 aromatic carbocycles. The summed E-state index contributed by atoms with van der Waals surface area (Å²) in [6.07, 6.45) is 8.59. The van der Waals surface area contributed by atoms with Gasteiger partial charge in [0, 0.05) is 30.6 Å². The maximum atomic E-state index is 5.76. The Labute approximate surface area is 123 Å². The van der Waals surface area contributed by atoms with E-state index in [4.69, 9.17) is 4.74 Å². The van der Waals surface area contributed by atoms with Crippen molar-refractivity contribution in [2.75, 3.05) is 0 Å². The molecule has 0 N–H and O–H groups in total. The maximum Gasteiger partial charge on any atom is 0.144 e. The largest absolute Gasteiger partial charge is 0.490 e. The first-order valence-electron chi connectivity index (χ1n) is 7.05. The molecule has 3 aromatic rings. The smallest absolute Gasteiger partial charge is 0.144 e. The number of pyridine rings is 1. The van der Waals surface area contributed by atoms with E-state index in [1.54, 1.807) is 6.20 Å². The van der Waals surface area contributed by atoms with Gasteiger partial charge in [0.15, 0.2) is 0 Å². The second-order valence-electron chi connectivity index (χ2n) is 5.29. The highest BCUT2D eigenvalue weighted by atomic mass is 16.5. The number of hydrogen-bond donors (Lipinski definition) is 0. The average Bonchev–Trinajstić information content (AvgIpc) is 3.12. The molecule has 3 heterocycles. The number of nitrogens with zero attached hydrogens (tertiary/aromatic N) is 3. The molecule has 4 rings (SSSR count). The van der Waals surface area contributed by atoms with E-state index in [9.17, 15) is 0 Å². The molecule has 21 heavy (non-hydrogen) atoms. The first-order valence-corrected chi connectivity index (χ1v) is 7.05. The molecular formula is C17H15N3O. The zero-order chi connectivity index (χ0) is 14.2. The van der Waals surface area contributed by atoms with E-state index in [-0.39, 0.29) is 6.10 Å². The predicted octanol–water partition coefficient (Wildman–Crippen LogP) is 3.26. The van der Waals surface area contributed by atoms with Crippen LogP contribution in [0, 0.1) is 0 Å². The molecule has 104 valence electrons. The summed E-state index contributed by atoms with van der Waals surface area (Å²) in [5.74, 6) is 1.91. The van der Waals surface area contributed by atoms with Gasteiger partial charge in [-0.05, 0) is 42.8 Å². The van der Waals surface area contributed by atoms with Gasteiger partial charge in [0.25, 0.3) is 0 Å². The molecule has 0 fully saturated rings. The standard InChI is InChI=1S/C17H15N3O/c1-12-9-14-10-13(4-5-16(14)21-12)17-19-7-8-20(17)15-3-2-6-18-11-15/h2-8,10-12H,9H2,1H3. The molecule has 0 spiro atoms. The van der Waals surface area contributed by atoms with E-state index in [0.29, 0.717) is 0 Å². The quantitative estimate of drug-likeness (QED) is 0.722. The second kappa shape index (κ2) is 4.74. The Hall–Kier alpha value is -2.62. The molecule has 0 aliphatic carbocycles. The van der Waals surface area contributed by atoms with Crippen LogP contribution in [0.25, 0.3) is 17.1 Å². The lowest BCUT2D eigenvalue weighted by Gasteiger charge is -2.08. The Bertz CT molecular complexity index is 780. The van der Waals surface area contributed by atoms with Gasteiger partial charge in [-0.25, -0.2) is 4.98 Å². The highest BCUT2D eigenvalue weighted by Crippen LogP contribution is 2.32. The number of hydrogen-bond acceptors (Lipinski definition) is 3. The fourth-order valence-electron chi connectivity index (χ4n) is 2.78. The van der Waals surface area contributed by atoms with Gasteiger partial charge in [-0.1, -0.05) is 0 Å². The molecule has 1 atom stereocenters. The lowest BCUT2D eigenvalue weighted by atomic mass is 10.1. The summed E-state index contributed by atoms with van der Waals surface area (Å²) in [6, 6.07) is 10.2. The Balaban J connectivity index is 1.79. The van der Waals surface area contributed by atoms with Crippen LogP contribution in [0.4, 0.5) is 0 Å². The third kappa shape index (κ3) is 2.09. The van der Waals surface area contributed by atoms with Crippen molar-refractivity contribution < 1.29 is 4.74 Å². The molecule has 4 nitrogen and oxygen atoms in total. The normalized spacial score (nSPS) is 16.5. The average molecular weight is 277 g/mol. The Morgan fingerprint density at radius 2 is 2.19 bits per heavy atom. The van der Waals surface area contributed by atoms with Crippen molar-refractivity contribution in [3.05, 3.63) is 60.7 Å². The molecule has 0 saturated heterocycles. The molecular weight excluding hydrogens is 262 g/mol. The summed E-state index contributed by atoms with van der Waals surface area (Å²) in [4.78, 5) is 8.68. The Morgan fingerprint density at radius 1 is 1.24 bits per heavy atom. The number of fused-ring (bicyclic) bond motifs is 1. The monoisotopic (exact) mass is 277 g/mol. The first kappa shape index (κ1) is 12.1. The number of rotatable bonds is 2. The van der Waals surface area contributed by atoms with Gasteiger partial charge < -0.3 is 4.74 Å². The van der Waals surface area contributed by atoms with Crippen LogP contribution in [-0.2, 0) is 6.42 Å². The molecule has 0 bridgehead atoms. The molecule has 1 aliphatic heterocycles. The topological polar surface area (TPSA) is 39.9 Å². The van der Waals surface area contributed by atoms with E-state index >= 15 is 0 Å². The van der Waals surface area contributed by atoms with Crippen molar-refractivity contribution >= 4 is 0 Å². The summed E-state index contributed by atoms with van der Waals surface area (Å²) < 4.78 is 7.81. The number of ether oxygens (including phenoxy) is 1. The van der Waals surface area contributed by atoms with Crippen molar-refractivity contribution in [1.82, 2.24) is 14.5 Å². The minimum absolute atomic E-state index is 0.258. The fourth-order valence-corrected chi connectivity index (χ4v) is 2.78. The van der Waals surface area contributed by atoms with Crippen molar-refractivity contribution in [3.63, 3.8) is 0 Å². The Morgan fingerprint density at radius 3 is 3.05 bits per heavy atom. The van der Waals surface area contributed by atoms with Crippen LogP contribution in [0.2, 0.25) is 0 Å². The molecule has 0 saturated carbocycles. The van der Waals surface area contributed by atoms with Gasteiger partial charge in [-0.15, -0.1) is 0 Å². The van der Waals surface area contributed by atoms with Crippen LogP contribution in [0.15, 0.2) is 55.1 Å². The van der Waals surface area contributed by atoms with Crippen LogP contribution in [0.1, 0.15) is 12.5 Å². The SMILES string of the molecule is CC1Cc2cc(-c3nccn3-c3cccnc3)ccc2O1. The van der Waals surface area contributed by atoms with E-state index in [1.165, 1.54) is 5.56 Å². The molecule has 2 aromatic heterocycles. The fraction of sp³-hybridized carbons (Fsp3) is 0.176. The maximum absolute atomic E-state index is 5.76. The lowest BCUT2D eigenvalue weighted by molar-refractivity contribution is 0.254. The van der Waals surface area contributed by atoms with Crippen LogP contribution < -0.4 is 4.74 Å². The van der Waals surface area contributed by atoms with Gasteiger partial charge in [-0.2, -0.15) is 0 Å². The summed E-state index contributed by atoms with van der Waals surface area (Å²) in [5, 5.41) is 0. The van der Waals surface area contributed by atoms with Crippen LogP contribution in [-0.4, -0.2) is 20.6 Å². The van der Waals surface area contributed by atoms with Crippen molar-refractivity contribution in [3.8, 4) is 22.8 Å². The first-order chi connectivity index (χ1) is 10.3. The number of benzene rings is 1. The molecule has 0 amide bonds. The van der Waals surface area contributed by atoms with E-state index in [1.807, 2.05) is 41.4 Å². The van der Waals surface area contributed by atoms with Gasteiger partial charge in [-0.3, -0.25) is 9.55 Å². The number of aromatic nitrogens is 3. The van der Waals surface area contributed by atoms with Gasteiger partial charge in [0.05, 0.1) is 11.9 Å². The predicted molar refractivity (Wildman–Crippen MR) is 80.6 cm³/mol. The second-order valence-corrected chi connectivity index (χ2v) is 5.29. The molecule has 1 unspecified atom stereocenters. The van der Waals surface area contributed by atoms with Crippen LogP contribution in [0.3, 0.4) is 0 Å². The highest BCUT2D eigenvalue weighted by molar-refractivity contribution is 5.62. The van der Waals surface area contributed by atoms with E-state index < -0.39 is 0 Å². The Kier molecular flexibility index (Phi) is 2.74. The summed E-state index contributed by atoms with van der Waals surface area (Å²) in [7, 11) is 0. The van der Waals surface area contributed by atoms with Crippen molar-refractivity contribution in [1.29, 1.82) is 0 Å². The third-order valence-corrected chi connectivity index (χ3v) is 3.72. The van der Waals surface area contributed by atoms with Crippen molar-refractivity contribution in [2.45, 2.75) is 19.4 Å². The zero-order valence-electron chi connectivity index (χ0n) is 11.7. The van der Waals surface area contributed by atoms with Crippen LogP contribution in [0.5, 0.6) is 5.75 Å². The minimum atomic E-state index is 0.258. The lowest BCUT2D eigenvalue weighted by Crippen LogP contribution is -2.05. The van der Waals surface area contributed by atoms with Gasteiger partial charge in [0.1, 0.15) is 17.7 Å². The highest BCUT2D eigenvalue weighted by Gasteiger charge is 2.20. The molecule has 4 heteroatoms. The molecule has 1 aliphatic rings. The summed E-state index contributed by atoms with van der Waals surface area (Å²) in [5.41, 5.74) is 3.36. The van der Waals surface area contributed by atoms with Gasteiger partial charge in [0.2, 0.25) is 0 Å². The van der Waals surface area contributed by atoms with Crippen LogP contribution >= 0.6 is 0 Å².